The number of unbranched alkanes of at least 4 members (excludes halogenated alkanes) is 1. The number of hydrogen-bond acceptors (Lipinski definition) is 8. The summed E-state index contributed by atoms with van der Waals surface area (Å²) in [5.41, 5.74) is 10.8. The second-order valence-electron chi connectivity index (χ2n) is 5.96. The van der Waals surface area contributed by atoms with Crippen LogP contribution >= 0.6 is 0 Å². The van der Waals surface area contributed by atoms with E-state index in [4.69, 9.17) is 21.7 Å². The molecule has 0 aromatic rings. The van der Waals surface area contributed by atoms with Gasteiger partial charge in [0.05, 0.1) is 19.3 Å². The largest absolute Gasteiger partial charge is 0.480 e. The predicted octanol–water partition coefficient (Wildman–Crippen LogP) is -4.01. The lowest BCUT2D eigenvalue weighted by molar-refractivity contribution is -0.143. The topological polar surface area (TPSA) is 217 Å². The predicted molar refractivity (Wildman–Crippen MR) is 94.2 cm³/mol. The van der Waals surface area contributed by atoms with Crippen molar-refractivity contribution in [2.45, 2.75) is 50.4 Å². The van der Waals surface area contributed by atoms with Gasteiger partial charge in [-0.3, -0.25) is 14.4 Å². The molecule has 0 aromatic heterocycles. The molecule has 0 saturated carbocycles. The first-order valence-corrected chi connectivity index (χ1v) is 8.49. The molecule has 12 heteroatoms. The van der Waals surface area contributed by atoms with Gasteiger partial charge in [0.2, 0.25) is 17.7 Å². The van der Waals surface area contributed by atoms with Crippen LogP contribution < -0.4 is 27.4 Å². The molecule has 0 aliphatic heterocycles. The van der Waals surface area contributed by atoms with Gasteiger partial charge >= 0.3 is 5.97 Å². The summed E-state index contributed by atoms with van der Waals surface area (Å²) >= 11 is 0. The SMILES string of the molecule is CC(N)C(=O)NC(CO)C(=O)NC(CCCCN)C(=O)NC(CO)C(=O)O. The second kappa shape index (κ2) is 13.0. The maximum atomic E-state index is 12.3. The van der Waals surface area contributed by atoms with E-state index in [-0.39, 0.29) is 6.42 Å². The number of nitrogens with two attached hydrogens (primary N) is 2. The number of nitrogens with one attached hydrogen (secondary N) is 3. The number of aliphatic hydroxyl groups is 2. The van der Waals surface area contributed by atoms with Crippen molar-refractivity contribution < 1.29 is 34.5 Å². The summed E-state index contributed by atoms with van der Waals surface area (Å²) in [5.74, 6) is -3.76. The standard InChI is InChI=1S/C15H29N5O7/c1-8(17)12(23)19-10(6-21)14(25)18-9(4-2-3-5-16)13(24)20-11(7-22)15(26)27/h8-11,21-22H,2-7,16-17H2,1H3,(H,18,25)(H,19,23)(H,20,24)(H,26,27). The fourth-order valence-electron chi connectivity index (χ4n) is 1.99. The van der Waals surface area contributed by atoms with Gasteiger partial charge in [0, 0.05) is 0 Å². The van der Waals surface area contributed by atoms with Crippen molar-refractivity contribution in [3.63, 3.8) is 0 Å². The highest BCUT2D eigenvalue weighted by Gasteiger charge is 2.29. The highest BCUT2D eigenvalue weighted by atomic mass is 16.4. The van der Waals surface area contributed by atoms with E-state index in [1.165, 1.54) is 6.92 Å². The zero-order valence-corrected chi connectivity index (χ0v) is 15.2. The molecule has 0 aliphatic carbocycles. The Morgan fingerprint density at radius 1 is 0.852 bits per heavy atom. The first-order valence-electron chi connectivity index (χ1n) is 8.49. The number of carbonyl (C=O) groups excluding carboxylic acids is 3. The van der Waals surface area contributed by atoms with Crippen LogP contribution in [-0.4, -0.2) is 82.9 Å². The maximum absolute atomic E-state index is 12.3. The second-order valence-corrected chi connectivity index (χ2v) is 5.96. The van der Waals surface area contributed by atoms with Gasteiger partial charge in [-0.25, -0.2) is 4.79 Å². The Bertz CT molecular complexity index is 515. The van der Waals surface area contributed by atoms with Crippen LogP contribution in [0.15, 0.2) is 0 Å². The average molecular weight is 391 g/mol. The Kier molecular flexibility index (Phi) is 11.9. The first kappa shape index (κ1) is 24.7. The minimum absolute atomic E-state index is 0.145. The lowest BCUT2D eigenvalue weighted by Crippen LogP contribution is -2.58. The number of rotatable bonds is 13. The van der Waals surface area contributed by atoms with Gasteiger partial charge in [0.25, 0.3) is 0 Å². The summed E-state index contributed by atoms with van der Waals surface area (Å²) in [5, 5.41) is 33.9. The fourth-order valence-corrected chi connectivity index (χ4v) is 1.99. The summed E-state index contributed by atoms with van der Waals surface area (Å²) in [4.78, 5) is 47.1. The number of aliphatic carboxylic acids is 1. The molecule has 10 N–H and O–H groups in total. The Hall–Kier alpha value is -2.28. The molecule has 0 bridgehead atoms. The van der Waals surface area contributed by atoms with Crippen molar-refractivity contribution in [3.05, 3.63) is 0 Å². The van der Waals surface area contributed by atoms with E-state index in [0.717, 1.165) is 0 Å². The van der Waals surface area contributed by atoms with Crippen LogP contribution in [0.3, 0.4) is 0 Å². The molecule has 0 heterocycles. The Morgan fingerprint density at radius 3 is 1.78 bits per heavy atom. The molecule has 0 aliphatic rings. The minimum atomic E-state index is -1.53. The molecule has 0 fully saturated rings. The van der Waals surface area contributed by atoms with Crippen LogP contribution in [0.2, 0.25) is 0 Å². The molecule has 0 rings (SSSR count). The van der Waals surface area contributed by atoms with Crippen LogP contribution in [0.5, 0.6) is 0 Å². The van der Waals surface area contributed by atoms with Gasteiger partial charge in [-0.05, 0) is 32.7 Å². The molecular weight excluding hydrogens is 362 g/mol. The molecule has 12 nitrogen and oxygen atoms in total. The molecule has 27 heavy (non-hydrogen) atoms. The maximum Gasteiger partial charge on any atom is 0.328 e. The zero-order valence-electron chi connectivity index (χ0n) is 15.2. The first-order chi connectivity index (χ1) is 12.7. The average Bonchev–Trinajstić information content (AvgIpc) is 2.62. The third-order valence-electron chi connectivity index (χ3n) is 3.61. The van der Waals surface area contributed by atoms with Gasteiger partial charge in [-0.15, -0.1) is 0 Å². The number of carboxylic acids is 1. The van der Waals surface area contributed by atoms with Gasteiger partial charge in [-0.1, -0.05) is 0 Å². The number of hydrogen-bond donors (Lipinski definition) is 8. The highest BCUT2D eigenvalue weighted by molar-refractivity contribution is 5.94. The molecule has 0 aromatic carbocycles. The van der Waals surface area contributed by atoms with Crippen molar-refractivity contribution in [2.24, 2.45) is 11.5 Å². The van der Waals surface area contributed by atoms with Crippen LogP contribution in [-0.2, 0) is 19.2 Å². The fraction of sp³-hybridized carbons (Fsp3) is 0.733. The molecule has 4 atom stereocenters. The molecule has 156 valence electrons. The Morgan fingerprint density at radius 2 is 1.33 bits per heavy atom. The van der Waals surface area contributed by atoms with Crippen molar-refractivity contribution in [2.75, 3.05) is 19.8 Å². The van der Waals surface area contributed by atoms with E-state index in [2.05, 4.69) is 16.0 Å². The highest BCUT2D eigenvalue weighted by Crippen LogP contribution is 2.03. The van der Waals surface area contributed by atoms with Crippen molar-refractivity contribution in [1.29, 1.82) is 0 Å². The van der Waals surface area contributed by atoms with Crippen molar-refractivity contribution in [1.82, 2.24) is 16.0 Å². The molecule has 0 spiro atoms. The third kappa shape index (κ3) is 9.28. The van der Waals surface area contributed by atoms with E-state index in [9.17, 15) is 24.3 Å². The zero-order chi connectivity index (χ0) is 21.0. The normalized spacial score (nSPS) is 15.1. The van der Waals surface area contributed by atoms with E-state index < -0.39 is 61.1 Å². The summed E-state index contributed by atoms with van der Waals surface area (Å²) in [6, 6.07) is -4.91. The monoisotopic (exact) mass is 391 g/mol. The number of carbonyl (C=O) groups is 4. The van der Waals surface area contributed by atoms with Crippen molar-refractivity contribution in [3.8, 4) is 0 Å². The number of carboxylic acid groups (broad SMARTS) is 1. The Balaban J connectivity index is 5.10. The number of aliphatic hydroxyl groups excluding tert-OH is 2. The van der Waals surface area contributed by atoms with Crippen LogP contribution in [0.4, 0.5) is 0 Å². The molecule has 4 unspecified atom stereocenters. The minimum Gasteiger partial charge on any atom is -0.480 e. The lowest BCUT2D eigenvalue weighted by atomic mass is 10.1. The molecular formula is C15H29N5O7. The summed E-state index contributed by atoms with van der Waals surface area (Å²) < 4.78 is 0. The van der Waals surface area contributed by atoms with Crippen LogP contribution in [0.1, 0.15) is 26.2 Å². The molecule has 0 saturated heterocycles. The molecule has 3 amide bonds. The van der Waals surface area contributed by atoms with E-state index >= 15 is 0 Å². The summed E-state index contributed by atoms with van der Waals surface area (Å²) in [6.07, 6.45) is 1.17. The van der Waals surface area contributed by atoms with Gasteiger partial charge in [-0.2, -0.15) is 0 Å². The van der Waals surface area contributed by atoms with Crippen molar-refractivity contribution >= 4 is 23.7 Å². The van der Waals surface area contributed by atoms with E-state index in [0.29, 0.717) is 19.4 Å². The quantitative estimate of drug-likeness (QED) is 0.143. The summed E-state index contributed by atoms with van der Waals surface area (Å²) in [6.45, 7) is 0.204. The van der Waals surface area contributed by atoms with Gasteiger partial charge in [0.15, 0.2) is 0 Å². The van der Waals surface area contributed by atoms with Crippen LogP contribution in [0.25, 0.3) is 0 Å². The van der Waals surface area contributed by atoms with Crippen LogP contribution in [0, 0.1) is 0 Å². The van der Waals surface area contributed by atoms with E-state index in [1.54, 1.807) is 0 Å². The smallest absolute Gasteiger partial charge is 0.328 e. The van der Waals surface area contributed by atoms with Gasteiger partial charge in [0.1, 0.15) is 18.1 Å². The Labute approximate surface area is 156 Å². The third-order valence-corrected chi connectivity index (χ3v) is 3.61. The molecule has 0 radical (unpaired) electrons. The lowest BCUT2D eigenvalue weighted by Gasteiger charge is -2.23. The summed E-state index contributed by atoms with van der Waals surface area (Å²) in [7, 11) is 0. The van der Waals surface area contributed by atoms with E-state index in [1.807, 2.05) is 0 Å². The number of amides is 3. The van der Waals surface area contributed by atoms with Gasteiger partial charge < -0.3 is 42.7 Å².